The lowest BCUT2D eigenvalue weighted by Crippen LogP contribution is -2.51. The van der Waals surface area contributed by atoms with Crippen molar-refractivity contribution in [2.75, 3.05) is 36.9 Å². The molecule has 166 valence electrons. The number of nitrogens with one attached hydrogen (secondary N) is 2. The van der Waals surface area contributed by atoms with E-state index in [2.05, 4.69) is 37.3 Å². The Morgan fingerprint density at radius 2 is 2.06 bits per heavy atom. The van der Waals surface area contributed by atoms with Gasteiger partial charge >= 0.3 is 0 Å². The van der Waals surface area contributed by atoms with Gasteiger partial charge in [0.05, 0.1) is 11.9 Å². The summed E-state index contributed by atoms with van der Waals surface area (Å²) in [5.41, 5.74) is 1.55. The lowest BCUT2D eigenvalue weighted by Gasteiger charge is -2.41. The molecule has 2 amide bonds. The molecule has 1 saturated heterocycles. The molecule has 0 bridgehead atoms. The fourth-order valence-corrected chi connectivity index (χ4v) is 3.66. The van der Waals surface area contributed by atoms with Crippen molar-refractivity contribution in [1.29, 1.82) is 0 Å². The van der Waals surface area contributed by atoms with Crippen molar-refractivity contribution < 1.29 is 14.0 Å². The highest BCUT2D eigenvalue weighted by Crippen LogP contribution is 2.22. The Kier molecular flexibility index (Phi) is 7.51. The summed E-state index contributed by atoms with van der Waals surface area (Å²) in [6, 6.07) is 5.45. The van der Waals surface area contributed by atoms with Crippen LogP contribution in [-0.2, 0) is 11.3 Å². The normalized spacial score (nSPS) is 16.8. The summed E-state index contributed by atoms with van der Waals surface area (Å²) in [5, 5.41) is 5.22. The largest absolute Gasteiger partial charge is 0.367 e. The van der Waals surface area contributed by atoms with Crippen LogP contribution in [0.25, 0.3) is 0 Å². The Hall–Kier alpha value is -3.07. The van der Waals surface area contributed by atoms with Gasteiger partial charge in [0.1, 0.15) is 5.82 Å². The fraction of sp³-hybridized carbons (Fsp3) is 0.455. The van der Waals surface area contributed by atoms with Crippen molar-refractivity contribution in [2.45, 2.75) is 39.3 Å². The summed E-state index contributed by atoms with van der Waals surface area (Å²) >= 11 is 0. The quantitative estimate of drug-likeness (QED) is 0.704. The molecule has 1 unspecified atom stereocenters. The van der Waals surface area contributed by atoms with Crippen LogP contribution in [0.1, 0.15) is 42.7 Å². The van der Waals surface area contributed by atoms with E-state index >= 15 is 0 Å². The molecule has 9 heteroatoms. The van der Waals surface area contributed by atoms with Crippen molar-refractivity contribution in [1.82, 2.24) is 20.2 Å². The van der Waals surface area contributed by atoms with Crippen molar-refractivity contribution >= 4 is 23.3 Å². The Labute approximate surface area is 181 Å². The first kappa shape index (κ1) is 22.6. The molecule has 3 rings (SSSR count). The van der Waals surface area contributed by atoms with Gasteiger partial charge in [-0.05, 0) is 31.0 Å². The van der Waals surface area contributed by atoms with Gasteiger partial charge in [0.25, 0.3) is 5.91 Å². The van der Waals surface area contributed by atoms with E-state index in [0.29, 0.717) is 24.5 Å². The SMILES string of the molecule is CCCC(=O)Nc1cc(CN2CCN(c3cnc(C(=O)NC)c(F)c3)CC2C)ccn1. The van der Waals surface area contributed by atoms with Crippen LogP contribution in [-0.4, -0.2) is 59.4 Å². The average Bonchev–Trinajstić information content (AvgIpc) is 2.75. The fourth-order valence-electron chi connectivity index (χ4n) is 3.66. The van der Waals surface area contributed by atoms with E-state index in [-0.39, 0.29) is 17.6 Å². The maximum absolute atomic E-state index is 14.3. The number of aromatic nitrogens is 2. The Morgan fingerprint density at radius 3 is 2.74 bits per heavy atom. The van der Waals surface area contributed by atoms with Crippen LogP contribution < -0.4 is 15.5 Å². The van der Waals surface area contributed by atoms with E-state index in [4.69, 9.17) is 0 Å². The zero-order chi connectivity index (χ0) is 22.4. The van der Waals surface area contributed by atoms with Crippen molar-refractivity contribution in [2.24, 2.45) is 0 Å². The minimum Gasteiger partial charge on any atom is -0.367 e. The molecule has 0 radical (unpaired) electrons. The molecule has 1 aliphatic rings. The summed E-state index contributed by atoms with van der Waals surface area (Å²) in [6.45, 7) is 7.04. The van der Waals surface area contributed by atoms with Gasteiger partial charge in [0, 0.05) is 58.0 Å². The number of nitrogens with zero attached hydrogens (tertiary/aromatic N) is 4. The maximum Gasteiger partial charge on any atom is 0.272 e. The van der Waals surface area contributed by atoms with Gasteiger partial charge in [-0.1, -0.05) is 6.92 Å². The van der Waals surface area contributed by atoms with Crippen LogP contribution in [0.4, 0.5) is 15.9 Å². The molecule has 1 aliphatic heterocycles. The molecule has 2 aromatic rings. The van der Waals surface area contributed by atoms with E-state index in [0.717, 1.165) is 31.6 Å². The number of carbonyl (C=O) groups is 2. The molecule has 2 aromatic heterocycles. The second-order valence-electron chi connectivity index (χ2n) is 7.72. The number of hydrogen-bond donors (Lipinski definition) is 2. The highest BCUT2D eigenvalue weighted by Gasteiger charge is 2.25. The first-order valence-electron chi connectivity index (χ1n) is 10.5. The van der Waals surface area contributed by atoms with Gasteiger partial charge in [-0.15, -0.1) is 0 Å². The zero-order valence-electron chi connectivity index (χ0n) is 18.2. The van der Waals surface area contributed by atoms with Crippen LogP contribution in [0.2, 0.25) is 0 Å². The predicted molar refractivity (Wildman–Crippen MR) is 117 cm³/mol. The van der Waals surface area contributed by atoms with E-state index in [1.54, 1.807) is 12.4 Å². The van der Waals surface area contributed by atoms with Gasteiger partial charge in [0.15, 0.2) is 11.5 Å². The van der Waals surface area contributed by atoms with Gasteiger partial charge in [0.2, 0.25) is 5.91 Å². The number of amides is 2. The van der Waals surface area contributed by atoms with E-state index in [9.17, 15) is 14.0 Å². The van der Waals surface area contributed by atoms with Gasteiger partial charge in [-0.3, -0.25) is 14.5 Å². The number of carbonyl (C=O) groups excluding carboxylic acids is 2. The second-order valence-corrected chi connectivity index (χ2v) is 7.72. The summed E-state index contributed by atoms with van der Waals surface area (Å²) in [6.07, 6.45) is 4.52. The van der Waals surface area contributed by atoms with Crippen molar-refractivity contribution in [3.63, 3.8) is 0 Å². The van der Waals surface area contributed by atoms with Crippen molar-refractivity contribution in [3.8, 4) is 0 Å². The summed E-state index contributed by atoms with van der Waals surface area (Å²) in [5.74, 6) is -0.622. The number of hydrogen-bond acceptors (Lipinski definition) is 6. The van der Waals surface area contributed by atoms with Gasteiger partial charge in [-0.2, -0.15) is 0 Å². The third-order valence-electron chi connectivity index (χ3n) is 5.35. The predicted octanol–water partition coefficient (Wildman–Crippen LogP) is 2.42. The molecule has 0 aromatic carbocycles. The first-order chi connectivity index (χ1) is 14.9. The van der Waals surface area contributed by atoms with E-state index in [1.807, 2.05) is 19.1 Å². The molecular weight excluding hydrogens is 399 g/mol. The van der Waals surface area contributed by atoms with Crippen molar-refractivity contribution in [3.05, 3.63) is 47.7 Å². The molecule has 0 saturated carbocycles. The van der Waals surface area contributed by atoms with Gasteiger partial charge in [-0.25, -0.2) is 14.4 Å². The summed E-state index contributed by atoms with van der Waals surface area (Å²) < 4.78 is 14.3. The molecule has 8 nitrogen and oxygen atoms in total. The minimum absolute atomic E-state index is 0.0302. The lowest BCUT2D eigenvalue weighted by molar-refractivity contribution is -0.116. The van der Waals surface area contributed by atoms with Crippen LogP contribution in [0.5, 0.6) is 0 Å². The molecule has 0 spiro atoms. The third kappa shape index (κ3) is 5.75. The number of pyridine rings is 2. The topological polar surface area (TPSA) is 90.5 Å². The summed E-state index contributed by atoms with van der Waals surface area (Å²) in [7, 11) is 1.45. The second kappa shape index (κ2) is 10.3. The minimum atomic E-state index is -0.624. The molecule has 1 atom stereocenters. The highest BCUT2D eigenvalue weighted by atomic mass is 19.1. The number of halogens is 1. The van der Waals surface area contributed by atoms with Crippen LogP contribution in [0.3, 0.4) is 0 Å². The van der Waals surface area contributed by atoms with E-state index < -0.39 is 11.7 Å². The lowest BCUT2D eigenvalue weighted by atomic mass is 10.1. The molecular formula is C22H29FN6O2. The highest BCUT2D eigenvalue weighted by molar-refractivity contribution is 5.92. The zero-order valence-corrected chi connectivity index (χ0v) is 18.2. The van der Waals surface area contributed by atoms with Gasteiger partial charge < -0.3 is 15.5 Å². The number of rotatable bonds is 7. The third-order valence-corrected chi connectivity index (χ3v) is 5.35. The number of piperazine rings is 1. The van der Waals surface area contributed by atoms with Crippen LogP contribution in [0, 0.1) is 5.82 Å². The van der Waals surface area contributed by atoms with Crippen LogP contribution >= 0.6 is 0 Å². The monoisotopic (exact) mass is 428 g/mol. The molecule has 2 N–H and O–H groups in total. The Balaban J connectivity index is 1.61. The van der Waals surface area contributed by atoms with E-state index in [1.165, 1.54) is 13.1 Å². The standard InChI is InChI=1S/C22H29FN6O2/c1-4-5-20(30)27-19-10-16(6-7-25-19)14-28-8-9-29(13-15(28)2)17-11-18(23)21(26-12-17)22(31)24-3/h6-7,10-12,15H,4-5,8-9,13-14H2,1-3H3,(H,24,31)(H,25,27,30). The molecule has 31 heavy (non-hydrogen) atoms. The summed E-state index contributed by atoms with van der Waals surface area (Å²) in [4.78, 5) is 36.1. The molecule has 3 heterocycles. The Morgan fingerprint density at radius 1 is 1.26 bits per heavy atom. The maximum atomic E-state index is 14.3. The molecule has 1 fully saturated rings. The average molecular weight is 429 g/mol. The molecule has 0 aliphatic carbocycles. The Bertz CT molecular complexity index is 938. The first-order valence-corrected chi connectivity index (χ1v) is 10.5. The van der Waals surface area contributed by atoms with Crippen LogP contribution in [0.15, 0.2) is 30.6 Å². The number of anilines is 2. The smallest absolute Gasteiger partial charge is 0.272 e.